The maximum Gasteiger partial charge on any atom is 0.0902 e. The molecule has 0 aromatic heterocycles. The average Bonchev–Trinajstić information content (AvgIpc) is 1.88. The molecule has 0 saturated carbocycles. The van der Waals surface area contributed by atoms with Crippen LogP contribution < -0.4 is 0 Å². The first-order chi connectivity index (χ1) is 4.33. The summed E-state index contributed by atoms with van der Waals surface area (Å²) in [7, 11) is 0. The molecule has 1 aliphatic heterocycles. The van der Waals surface area contributed by atoms with E-state index in [9.17, 15) is 0 Å². The Hall–Kier alpha value is 0.650. The fourth-order valence-corrected chi connectivity index (χ4v) is 1.32. The molecule has 54 valence electrons. The van der Waals surface area contributed by atoms with Gasteiger partial charge in [-0.2, -0.15) is 0 Å². The standard InChI is InChI=1S/C6H11IO2/c1-5-3-8-4-6(2-7)9-5/h5-6H,2-4H2,1H3. The molecule has 0 bridgehead atoms. The van der Waals surface area contributed by atoms with E-state index in [1.165, 1.54) is 0 Å². The van der Waals surface area contributed by atoms with Crippen molar-refractivity contribution in [3.63, 3.8) is 0 Å². The van der Waals surface area contributed by atoms with Crippen LogP contribution in [0.25, 0.3) is 0 Å². The zero-order chi connectivity index (χ0) is 6.69. The minimum absolute atomic E-state index is 0.290. The molecule has 0 amide bonds. The molecule has 0 N–H and O–H groups in total. The molecule has 0 aromatic carbocycles. The van der Waals surface area contributed by atoms with Crippen LogP contribution in [0.3, 0.4) is 0 Å². The van der Waals surface area contributed by atoms with Gasteiger partial charge in [-0.25, -0.2) is 0 Å². The molecule has 1 aliphatic rings. The summed E-state index contributed by atoms with van der Waals surface area (Å²) in [5, 5.41) is 0. The summed E-state index contributed by atoms with van der Waals surface area (Å²) in [6.07, 6.45) is 0.618. The van der Waals surface area contributed by atoms with Crippen molar-refractivity contribution in [2.45, 2.75) is 19.1 Å². The quantitative estimate of drug-likeness (QED) is 0.508. The maximum atomic E-state index is 5.50. The average molecular weight is 242 g/mol. The van der Waals surface area contributed by atoms with E-state index in [1.807, 2.05) is 6.92 Å². The van der Waals surface area contributed by atoms with Gasteiger partial charge in [-0.3, -0.25) is 0 Å². The summed E-state index contributed by atoms with van der Waals surface area (Å²) >= 11 is 2.31. The van der Waals surface area contributed by atoms with Crippen LogP contribution in [0, 0.1) is 0 Å². The minimum Gasteiger partial charge on any atom is -0.376 e. The SMILES string of the molecule is CC1COCC(CI)O1. The first-order valence-electron chi connectivity index (χ1n) is 3.12. The lowest BCUT2D eigenvalue weighted by Gasteiger charge is -2.26. The molecule has 2 atom stereocenters. The number of hydrogen-bond acceptors (Lipinski definition) is 2. The number of rotatable bonds is 1. The Morgan fingerprint density at radius 2 is 2.33 bits per heavy atom. The molecule has 3 heteroatoms. The van der Waals surface area contributed by atoms with Gasteiger partial charge in [0.05, 0.1) is 25.4 Å². The second-order valence-electron chi connectivity index (χ2n) is 2.26. The van der Waals surface area contributed by atoms with Crippen molar-refractivity contribution in [3.8, 4) is 0 Å². The van der Waals surface area contributed by atoms with E-state index in [-0.39, 0.29) is 0 Å². The van der Waals surface area contributed by atoms with E-state index in [4.69, 9.17) is 9.47 Å². The molecule has 1 fully saturated rings. The van der Waals surface area contributed by atoms with Crippen LogP contribution in [0.5, 0.6) is 0 Å². The summed E-state index contributed by atoms with van der Waals surface area (Å²) in [5.74, 6) is 0. The van der Waals surface area contributed by atoms with E-state index in [0.29, 0.717) is 12.2 Å². The Bertz CT molecular complexity index is 87.1. The molecule has 0 radical (unpaired) electrons. The van der Waals surface area contributed by atoms with E-state index in [2.05, 4.69) is 22.6 Å². The van der Waals surface area contributed by atoms with Crippen LogP contribution in [-0.4, -0.2) is 29.8 Å². The van der Waals surface area contributed by atoms with Gasteiger partial charge in [0.15, 0.2) is 0 Å². The van der Waals surface area contributed by atoms with Gasteiger partial charge in [0.1, 0.15) is 0 Å². The summed E-state index contributed by atoms with van der Waals surface area (Å²) in [6.45, 7) is 3.57. The fraction of sp³-hybridized carbons (Fsp3) is 1.00. The Labute approximate surface area is 69.0 Å². The van der Waals surface area contributed by atoms with Crippen molar-refractivity contribution in [1.29, 1.82) is 0 Å². The zero-order valence-corrected chi connectivity index (χ0v) is 7.63. The first-order valence-corrected chi connectivity index (χ1v) is 4.64. The van der Waals surface area contributed by atoms with Crippen molar-refractivity contribution in [3.05, 3.63) is 0 Å². The lowest BCUT2D eigenvalue weighted by atomic mass is 10.3. The monoisotopic (exact) mass is 242 g/mol. The molecule has 0 spiro atoms. The highest BCUT2D eigenvalue weighted by molar-refractivity contribution is 14.1. The van der Waals surface area contributed by atoms with Crippen molar-refractivity contribution in [2.24, 2.45) is 0 Å². The van der Waals surface area contributed by atoms with Gasteiger partial charge in [0.2, 0.25) is 0 Å². The lowest BCUT2D eigenvalue weighted by molar-refractivity contribution is -0.120. The number of hydrogen-bond donors (Lipinski definition) is 0. The molecule has 1 rings (SSSR count). The van der Waals surface area contributed by atoms with E-state index >= 15 is 0 Å². The molecular weight excluding hydrogens is 231 g/mol. The Morgan fingerprint density at radius 1 is 1.56 bits per heavy atom. The molecule has 0 aliphatic carbocycles. The molecule has 1 saturated heterocycles. The summed E-state index contributed by atoms with van der Waals surface area (Å²) in [6, 6.07) is 0. The Balaban J connectivity index is 2.23. The summed E-state index contributed by atoms with van der Waals surface area (Å²) in [4.78, 5) is 0. The van der Waals surface area contributed by atoms with Gasteiger partial charge >= 0.3 is 0 Å². The molecule has 9 heavy (non-hydrogen) atoms. The number of halogens is 1. The molecule has 2 nitrogen and oxygen atoms in total. The lowest BCUT2D eigenvalue weighted by Crippen LogP contribution is -2.35. The third-order valence-electron chi connectivity index (χ3n) is 1.25. The minimum atomic E-state index is 0.290. The van der Waals surface area contributed by atoms with Crippen molar-refractivity contribution in [2.75, 3.05) is 17.6 Å². The Kier molecular flexibility index (Phi) is 3.21. The Morgan fingerprint density at radius 3 is 2.78 bits per heavy atom. The van der Waals surface area contributed by atoms with Crippen molar-refractivity contribution >= 4 is 22.6 Å². The first kappa shape index (κ1) is 7.75. The highest BCUT2D eigenvalue weighted by Crippen LogP contribution is 2.08. The van der Waals surface area contributed by atoms with Gasteiger partial charge in [-0.1, -0.05) is 22.6 Å². The normalized spacial score (nSPS) is 36.7. The van der Waals surface area contributed by atoms with Gasteiger partial charge in [0.25, 0.3) is 0 Å². The molecular formula is C6H11IO2. The number of alkyl halides is 1. The zero-order valence-electron chi connectivity index (χ0n) is 5.47. The van der Waals surface area contributed by atoms with Crippen LogP contribution in [0.4, 0.5) is 0 Å². The van der Waals surface area contributed by atoms with Crippen LogP contribution in [0.15, 0.2) is 0 Å². The second kappa shape index (κ2) is 3.73. The van der Waals surface area contributed by atoms with Crippen LogP contribution in [-0.2, 0) is 9.47 Å². The summed E-state index contributed by atoms with van der Waals surface area (Å²) < 4.78 is 11.8. The van der Waals surface area contributed by atoms with Gasteiger partial charge in [-0.15, -0.1) is 0 Å². The third kappa shape index (κ3) is 2.39. The van der Waals surface area contributed by atoms with E-state index in [0.717, 1.165) is 17.6 Å². The van der Waals surface area contributed by atoms with Crippen LogP contribution >= 0.6 is 22.6 Å². The highest BCUT2D eigenvalue weighted by atomic mass is 127. The molecule has 0 aromatic rings. The molecule has 2 unspecified atom stereocenters. The largest absolute Gasteiger partial charge is 0.376 e. The second-order valence-corrected chi connectivity index (χ2v) is 3.14. The van der Waals surface area contributed by atoms with E-state index < -0.39 is 0 Å². The smallest absolute Gasteiger partial charge is 0.0902 e. The topological polar surface area (TPSA) is 18.5 Å². The van der Waals surface area contributed by atoms with Crippen LogP contribution in [0.1, 0.15) is 6.92 Å². The van der Waals surface area contributed by atoms with Crippen LogP contribution in [0.2, 0.25) is 0 Å². The third-order valence-corrected chi connectivity index (χ3v) is 2.24. The van der Waals surface area contributed by atoms with Crippen molar-refractivity contribution < 1.29 is 9.47 Å². The maximum absolute atomic E-state index is 5.50. The predicted octanol–water partition coefficient (Wildman–Crippen LogP) is 1.23. The fourth-order valence-electron chi connectivity index (χ4n) is 0.853. The van der Waals surface area contributed by atoms with Crippen molar-refractivity contribution in [1.82, 2.24) is 0 Å². The van der Waals surface area contributed by atoms with Gasteiger partial charge in [-0.05, 0) is 6.92 Å². The predicted molar refractivity (Wildman–Crippen MR) is 44.0 cm³/mol. The molecule has 1 heterocycles. The highest BCUT2D eigenvalue weighted by Gasteiger charge is 2.17. The van der Waals surface area contributed by atoms with Gasteiger partial charge < -0.3 is 9.47 Å². The van der Waals surface area contributed by atoms with E-state index in [1.54, 1.807) is 0 Å². The number of ether oxygens (including phenoxy) is 2. The van der Waals surface area contributed by atoms with Gasteiger partial charge in [0, 0.05) is 4.43 Å². The summed E-state index contributed by atoms with van der Waals surface area (Å²) in [5.41, 5.74) is 0.